The molecule has 0 amide bonds. The second kappa shape index (κ2) is 5.64. The number of carbonyl (C=O) groups excluding carboxylic acids is 1. The first-order valence-corrected chi connectivity index (χ1v) is 8.31. The zero-order valence-corrected chi connectivity index (χ0v) is 12.6. The largest absolute Gasteiger partial charge is 0.466 e. The Kier molecular flexibility index (Phi) is 4.04. The summed E-state index contributed by atoms with van der Waals surface area (Å²) >= 11 is 0. The zero-order valence-electron chi connectivity index (χ0n) is 12.6. The number of nitrogens with zero attached hydrogens (tertiary/aromatic N) is 1. The van der Waals surface area contributed by atoms with E-state index in [2.05, 4.69) is 4.90 Å². The molecule has 0 aromatic rings. The summed E-state index contributed by atoms with van der Waals surface area (Å²) in [7, 11) is 0. The molecule has 3 rings (SSSR count). The van der Waals surface area contributed by atoms with E-state index in [0.717, 1.165) is 32.0 Å². The summed E-state index contributed by atoms with van der Waals surface area (Å²) in [4.78, 5) is 14.4. The van der Waals surface area contributed by atoms with Gasteiger partial charge in [-0.1, -0.05) is 0 Å². The highest BCUT2D eigenvalue weighted by molar-refractivity contribution is 5.72. The van der Waals surface area contributed by atoms with Crippen molar-refractivity contribution in [2.45, 2.75) is 64.0 Å². The maximum Gasteiger partial charge on any atom is 0.309 e. The van der Waals surface area contributed by atoms with Gasteiger partial charge in [0.15, 0.2) is 0 Å². The van der Waals surface area contributed by atoms with Gasteiger partial charge in [-0.05, 0) is 70.4 Å². The van der Waals surface area contributed by atoms with Gasteiger partial charge >= 0.3 is 5.97 Å². The third kappa shape index (κ3) is 2.73. The van der Waals surface area contributed by atoms with Gasteiger partial charge in [0.05, 0.1) is 12.5 Å². The van der Waals surface area contributed by atoms with E-state index >= 15 is 0 Å². The van der Waals surface area contributed by atoms with E-state index < -0.39 is 0 Å². The van der Waals surface area contributed by atoms with Gasteiger partial charge < -0.3 is 15.4 Å². The van der Waals surface area contributed by atoms with Crippen molar-refractivity contribution >= 4 is 5.97 Å². The van der Waals surface area contributed by atoms with Gasteiger partial charge in [-0.2, -0.15) is 0 Å². The highest BCUT2D eigenvalue weighted by atomic mass is 16.5. The molecule has 2 aliphatic carbocycles. The molecule has 0 radical (unpaired) electrons. The third-order valence-corrected chi connectivity index (χ3v) is 5.87. The molecule has 2 N–H and O–H groups in total. The molecule has 1 heterocycles. The van der Waals surface area contributed by atoms with E-state index in [-0.39, 0.29) is 11.9 Å². The van der Waals surface area contributed by atoms with E-state index in [4.69, 9.17) is 10.5 Å². The molecule has 114 valence electrons. The van der Waals surface area contributed by atoms with Gasteiger partial charge in [-0.25, -0.2) is 0 Å². The topological polar surface area (TPSA) is 55.6 Å². The number of likely N-dealkylation sites (tertiary alicyclic amines) is 1. The number of hydrogen-bond donors (Lipinski definition) is 1. The fourth-order valence-electron chi connectivity index (χ4n) is 4.26. The summed E-state index contributed by atoms with van der Waals surface area (Å²) in [6.07, 6.45) is 8.44. The van der Waals surface area contributed by atoms with Gasteiger partial charge in [-0.3, -0.25) is 4.79 Å². The third-order valence-electron chi connectivity index (χ3n) is 5.87. The van der Waals surface area contributed by atoms with Crippen LogP contribution in [0.2, 0.25) is 0 Å². The first-order chi connectivity index (χ1) is 9.64. The Bertz CT molecular complexity index is 355. The summed E-state index contributed by atoms with van der Waals surface area (Å²) in [6, 6.07) is 1.22. The van der Waals surface area contributed by atoms with Crippen molar-refractivity contribution in [1.82, 2.24) is 4.90 Å². The lowest BCUT2D eigenvalue weighted by molar-refractivity contribution is -0.149. The Balaban J connectivity index is 1.44. The number of ether oxygens (including phenoxy) is 1. The molecule has 0 aromatic carbocycles. The molecule has 0 bridgehead atoms. The number of esters is 1. The average Bonchev–Trinajstić information content (AvgIpc) is 3.09. The Hall–Kier alpha value is -0.610. The van der Waals surface area contributed by atoms with Gasteiger partial charge in [0.2, 0.25) is 0 Å². The molecule has 3 aliphatic rings. The minimum Gasteiger partial charge on any atom is -0.466 e. The van der Waals surface area contributed by atoms with Crippen LogP contribution in [0.5, 0.6) is 0 Å². The predicted octanol–water partition coefficient (Wildman–Crippen LogP) is 1.92. The lowest BCUT2D eigenvalue weighted by Gasteiger charge is -2.40. The molecule has 1 aliphatic heterocycles. The second-order valence-corrected chi connectivity index (χ2v) is 6.97. The van der Waals surface area contributed by atoms with E-state index in [1.165, 1.54) is 32.1 Å². The first kappa shape index (κ1) is 14.3. The number of piperidine rings is 1. The zero-order chi connectivity index (χ0) is 14.2. The normalized spacial score (nSPS) is 38.9. The minimum absolute atomic E-state index is 0.0127. The maximum absolute atomic E-state index is 11.8. The van der Waals surface area contributed by atoms with E-state index in [1.54, 1.807) is 0 Å². The highest BCUT2D eigenvalue weighted by Crippen LogP contribution is 2.55. The lowest BCUT2D eigenvalue weighted by Crippen LogP contribution is -2.45. The predicted molar refractivity (Wildman–Crippen MR) is 78.2 cm³/mol. The Morgan fingerprint density at radius 1 is 1.25 bits per heavy atom. The maximum atomic E-state index is 11.8. The van der Waals surface area contributed by atoms with Gasteiger partial charge in [0, 0.05) is 12.1 Å². The molecule has 1 unspecified atom stereocenters. The summed E-state index contributed by atoms with van der Waals surface area (Å²) in [5.41, 5.74) is 6.60. The fourth-order valence-corrected chi connectivity index (χ4v) is 4.26. The van der Waals surface area contributed by atoms with Crippen LogP contribution >= 0.6 is 0 Å². The highest BCUT2D eigenvalue weighted by Gasteiger charge is 2.53. The standard InChI is InChI=1S/C16H28N2O2/c1-2-20-15(19)12-5-9-18(10-6-12)13-3-7-16(8-4-13)11-14(16)17/h12-14H,2-11,17H2,1H3. The van der Waals surface area contributed by atoms with Crippen molar-refractivity contribution in [3.05, 3.63) is 0 Å². The Morgan fingerprint density at radius 2 is 1.85 bits per heavy atom. The minimum atomic E-state index is 0.0127. The quantitative estimate of drug-likeness (QED) is 0.803. The molecule has 4 heteroatoms. The molecule has 1 spiro atoms. The smallest absolute Gasteiger partial charge is 0.309 e. The molecular formula is C16H28N2O2. The molecule has 1 saturated heterocycles. The second-order valence-electron chi connectivity index (χ2n) is 6.97. The van der Waals surface area contributed by atoms with Crippen molar-refractivity contribution in [3.63, 3.8) is 0 Å². The van der Waals surface area contributed by atoms with Crippen molar-refractivity contribution < 1.29 is 9.53 Å². The van der Waals surface area contributed by atoms with Crippen molar-refractivity contribution in [2.24, 2.45) is 17.1 Å². The van der Waals surface area contributed by atoms with E-state index in [1.807, 2.05) is 6.92 Å². The molecule has 0 aromatic heterocycles. The van der Waals surface area contributed by atoms with Crippen molar-refractivity contribution in [2.75, 3.05) is 19.7 Å². The first-order valence-electron chi connectivity index (χ1n) is 8.31. The van der Waals surface area contributed by atoms with Crippen LogP contribution in [0.15, 0.2) is 0 Å². The number of rotatable bonds is 3. The molecule has 2 saturated carbocycles. The number of hydrogen-bond acceptors (Lipinski definition) is 4. The summed E-state index contributed by atoms with van der Waals surface area (Å²) in [6.45, 7) is 4.51. The molecule has 1 atom stereocenters. The Labute approximate surface area is 122 Å². The molecule has 3 fully saturated rings. The monoisotopic (exact) mass is 280 g/mol. The molecular weight excluding hydrogens is 252 g/mol. The summed E-state index contributed by atoms with van der Waals surface area (Å²) in [5.74, 6) is 0.150. The Morgan fingerprint density at radius 3 is 2.35 bits per heavy atom. The molecule has 20 heavy (non-hydrogen) atoms. The van der Waals surface area contributed by atoms with Crippen LogP contribution in [0.4, 0.5) is 0 Å². The summed E-state index contributed by atoms with van der Waals surface area (Å²) < 4.78 is 5.14. The average molecular weight is 280 g/mol. The molecule has 4 nitrogen and oxygen atoms in total. The van der Waals surface area contributed by atoms with Gasteiger partial charge in [0.1, 0.15) is 0 Å². The number of nitrogens with two attached hydrogens (primary N) is 1. The van der Waals surface area contributed by atoms with Crippen LogP contribution in [0.25, 0.3) is 0 Å². The van der Waals surface area contributed by atoms with Gasteiger partial charge in [0.25, 0.3) is 0 Å². The van der Waals surface area contributed by atoms with Crippen LogP contribution in [-0.2, 0) is 9.53 Å². The SMILES string of the molecule is CCOC(=O)C1CCN(C2CCC3(CC2)CC3N)CC1. The van der Waals surface area contributed by atoms with E-state index in [0.29, 0.717) is 18.1 Å². The van der Waals surface area contributed by atoms with Crippen molar-refractivity contribution in [1.29, 1.82) is 0 Å². The van der Waals surface area contributed by atoms with Gasteiger partial charge in [-0.15, -0.1) is 0 Å². The van der Waals surface area contributed by atoms with Crippen LogP contribution in [0.3, 0.4) is 0 Å². The number of carbonyl (C=O) groups is 1. The van der Waals surface area contributed by atoms with Crippen LogP contribution in [-0.4, -0.2) is 42.6 Å². The van der Waals surface area contributed by atoms with Crippen LogP contribution in [0, 0.1) is 11.3 Å². The summed E-state index contributed by atoms with van der Waals surface area (Å²) in [5, 5.41) is 0. The fraction of sp³-hybridized carbons (Fsp3) is 0.938. The van der Waals surface area contributed by atoms with Crippen molar-refractivity contribution in [3.8, 4) is 0 Å². The van der Waals surface area contributed by atoms with Crippen LogP contribution < -0.4 is 5.73 Å². The van der Waals surface area contributed by atoms with Crippen LogP contribution in [0.1, 0.15) is 51.9 Å². The van der Waals surface area contributed by atoms with E-state index in [9.17, 15) is 4.79 Å². The lowest BCUT2D eigenvalue weighted by atomic mass is 9.81.